The Morgan fingerprint density at radius 2 is 1.59 bits per heavy atom. The fourth-order valence-corrected chi connectivity index (χ4v) is 3.07. The van der Waals surface area contributed by atoms with Gasteiger partial charge in [-0.25, -0.2) is 4.79 Å². The smallest absolute Gasteiger partial charge is 0.432 e. The second-order valence-corrected chi connectivity index (χ2v) is 6.25. The van der Waals surface area contributed by atoms with Crippen LogP contribution in [0, 0.1) is 10.1 Å². The summed E-state index contributed by atoms with van der Waals surface area (Å²) in [6.07, 6.45) is -6.75. The molecule has 0 amide bonds. The highest BCUT2D eigenvalue weighted by molar-refractivity contribution is 5.83. The maximum Gasteiger partial charge on any atom is 0.432 e. The fraction of sp³-hybridized carbons (Fsp3) is 0.350. The minimum absolute atomic E-state index is 0.0584. The van der Waals surface area contributed by atoms with Gasteiger partial charge in [-0.3, -0.25) is 10.1 Å². The van der Waals surface area contributed by atoms with Crippen LogP contribution < -0.4 is 0 Å². The molecule has 2 aromatic rings. The van der Waals surface area contributed by atoms with Crippen LogP contribution in [-0.4, -0.2) is 30.2 Å². The third-order valence-corrected chi connectivity index (χ3v) is 4.57. The zero-order valence-electron chi connectivity index (χ0n) is 15.8. The van der Waals surface area contributed by atoms with Crippen molar-refractivity contribution in [3.8, 4) is 0 Å². The van der Waals surface area contributed by atoms with Crippen LogP contribution in [0.1, 0.15) is 30.6 Å². The van der Waals surface area contributed by atoms with Crippen LogP contribution in [0.5, 0.6) is 0 Å². The SMILES string of the molecule is CC[C@@H]([C@H](OC(=O)[C@@](OC)(c1ccccc1)C(F)(F)F)c1ccccc1)[N+](=O)[O-]. The maximum absolute atomic E-state index is 14.0. The molecular formula is C20H20F3NO5. The van der Waals surface area contributed by atoms with Crippen molar-refractivity contribution in [3.63, 3.8) is 0 Å². The van der Waals surface area contributed by atoms with Gasteiger partial charge in [0.15, 0.2) is 6.10 Å². The standard InChI is InChI=1S/C20H20F3NO5/c1-3-16(24(26)27)17(14-10-6-4-7-11-14)29-18(25)19(28-2,20(21,22)23)15-12-8-5-9-13-15/h4-13,16-17H,3H2,1-2H3/t16-,17+,19-/m0/s1. The first-order valence-electron chi connectivity index (χ1n) is 8.76. The first-order chi connectivity index (χ1) is 13.7. The molecule has 0 aliphatic carbocycles. The minimum atomic E-state index is -5.17. The second-order valence-electron chi connectivity index (χ2n) is 6.25. The highest BCUT2D eigenvalue weighted by atomic mass is 19.4. The topological polar surface area (TPSA) is 78.7 Å². The first-order valence-corrected chi connectivity index (χ1v) is 8.76. The molecule has 0 aromatic heterocycles. The van der Waals surface area contributed by atoms with Crippen molar-refractivity contribution in [2.45, 2.75) is 37.3 Å². The Balaban J connectivity index is 2.55. The molecule has 0 heterocycles. The average molecular weight is 411 g/mol. The van der Waals surface area contributed by atoms with Crippen LogP contribution in [0.4, 0.5) is 13.2 Å². The molecule has 6 nitrogen and oxygen atoms in total. The number of rotatable bonds is 8. The Morgan fingerprint density at radius 3 is 2.00 bits per heavy atom. The molecule has 156 valence electrons. The van der Waals surface area contributed by atoms with E-state index in [0.717, 1.165) is 19.2 Å². The van der Waals surface area contributed by atoms with E-state index in [1.54, 1.807) is 18.2 Å². The molecular weight excluding hydrogens is 391 g/mol. The number of ether oxygens (including phenoxy) is 2. The van der Waals surface area contributed by atoms with Crippen LogP contribution in [-0.2, 0) is 19.9 Å². The van der Waals surface area contributed by atoms with Gasteiger partial charge in [0, 0.05) is 24.0 Å². The van der Waals surface area contributed by atoms with Gasteiger partial charge in [-0.15, -0.1) is 0 Å². The van der Waals surface area contributed by atoms with E-state index in [0.29, 0.717) is 0 Å². The maximum atomic E-state index is 14.0. The van der Waals surface area contributed by atoms with Gasteiger partial charge in [-0.05, 0) is 5.56 Å². The zero-order chi connectivity index (χ0) is 21.7. The number of nitrogens with zero attached hydrogens (tertiary/aromatic N) is 1. The summed E-state index contributed by atoms with van der Waals surface area (Å²) in [6, 6.07) is 12.5. The van der Waals surface area contributed by atoms with Gasteiger partial charge in [0.1, 0.15) is 0 Å². The zero-order valence-corrected chi connectivity index (χ0v) is 15.8. The molecule has 0 saturated carbocycles. The number of nitro groups is 1. The lowest BCUT2D eigenvalue weighted by atomic mass is 9.92. The van der Waals surface area contributed by atoms with E-state index in [1.807, 2.05) is 0 Å². The number of benzene rings is 2. The molecule has 0 saturated heterocycles. The van der Waals surface area contributed by atoms with Crippen molar-refractivity contribution in [3.05, 3.63) is 81.9 Å². The van der Waals surface area contributed by atoms with E-state index in [1.165, 1.54) is 37.3 Å². The summed E-state index contributed by atoms with van der Waals surface area (Å²) in [6.45, 7) is 1.49. The molecule has 0 radical (unpaired) electrons. The van der Waals surface area contributed by atoms with Crippen molar-refractivity contribution in [2.24, 2.45) is 0 Å². The minimum Gasteiger partial charge on any atom is -0.447 e. The van der Waals surface area contributed by atoms with Gasteiger partial charge in [0.25, 0.3) is 11.6 Å². The van der Waals surface area contributed by atoms with Crippen LogP contribution in [0.25, 0.3) is 0 Å². The Hall–Kier alpha value is -2.94. The van der Waals surface area contributed by atoms with Crippen molar-refractivity contribution in [2.75, 3.05) is 7.11 Å². The van der Waals surface area contributed by atoms with E-state index >= 15 is 0 Å². The van der Waals surface area contributed by atoms with Crippen LogP contribution in [0.2, 0.25) is 0 Å². The van der Waals surface area contributed by atoms with Crippen molar-refractivity contribution >= 4 is 5.97 Å². The first kappa shape index (κ1) is 22.4. The molecule has 9 heteroatoms. The van der Waals surface area contributed by atoms with Gasteiger partial charge >= 0.3 is 12.1 Å². The molecule has 2 rings (SSSR count). The molecule has 0 aliphatic heterocycles. The molecule has 29 heavy (non-hydrogen) atoms. The quantitative estimate of drug-likeness (QED) is 0.365. The van der Waals surface area contributed by atoms with Crippen LogP contribution in [0.3, 0.4) is 0 Å². The number of alkyl halides is 3. The Labute approximate surface area is 165 Å². The molecule has 3 atom stereocenters. The highest BCUT2D eigenvalue weighted by Crippen LogP contribution is 2.44. The third-order valence-electron chi connectivity index (χ3n) is 4.57. The average Bonchev–Trinajstić information content (AvgIpc) is 2.69. The largest absolute Gasteiger partial charge is 0.447 e. The van der Waals surface area contributed by atoms with Gasteiger partial charge < -0.3 is 9.47 Å². The normalized spacial score (nSPS) is 15.8. The van der Waals surface area contributed by atoms with Gasteiger partial charge in [0.05, 0.1) is 0 Å². The van der Waals surface area contributed by atoms with Crippen molar-refractivity contribution in [1.29, 1.82) is 0 Å². The van der Waals surface area contributed by atoms with Gasteiger partial charge in [0.2, 0.25) is 0 Å². The molecule has 0 spiro atoms. The summed E-state index contributed by atoms with van der Waals surface area (Å²) < 4.78 is 52.0. The predicted molar refractivity (Wildman–Crippen MR) is 97.5 cm³/mol. The summed E-state index contributed by atoms with van der Waals surface area (Å²) in [5, 5.41) is 11.5. The van der Waals surface area contributed by atoms with E-state index in [2.05, 4.69) is 0 Å². The number of carbonyl (C=O) groups is 1. The number of carbonyl (C=O) groups excluding carboxylic acids is 1. The van der Waals surface area contributed by atoms with Crippen LogP contribution in [0.15, 0.2) is 60.7 Å². The van der Waals surface area contributed by atoms with E-state index in [4.69, 9.17) is 9.47 Å². The molecule has 0 fully saturated rings. The van der Waals surface area contributed by atoms with E-state index in [9.17, 15) is 28.1 Å². The summed E-state index contributed by atoms with van der Waals surface area (Å²) in [4.78, 5) is 23.7. The number of halogens is 3. The fourth-order valence-electron chi connectivity index (χ4n) is 3.07. The summed E-state index contributed by atoms with van der Waals surface area (Å²) in [5.41, 5.74) is -3.69. The van der Waals surface area contributed by atoms with Crippen molar-refractivity contribution < 1.29 is 32.4 Å². The molecule has 0 unspecified atom stereocenters. The van der Waals surface area contributed by atoms with Gasteiger partial charge in [-0.1, -0.05) is 67.6 Å². The van der Waals surface area contributed by atoms with Gasteiger partial charge in [-0.2, -0.15) is 13.2 Å². The molecule has 0 N–H and O–H groups in total. The Kier molecular flexibility index (Phi) is 6.97. The lowest BCUT2D eigenvalue weighted by Gasteiger charge is -2.34. The highest BCUT2D eigenvalue weighted by Gasteiger charge is 2.64. The van der Waals surface area contributed by atoms with E-state index < -0.39 is 40.4 Å². The summed E-state index contributed by atoms with van der Waals surface area (Å²) >= 11 is 0. The summed E-state index contributed by atoms with van der Waals surface area (Å²) in [7, 11) is 0.740. The Bertz CT molecular complexity index is 829. The molecule has 0 bridgehead atoms. The Morgan fingerprint density at radius 1 is 1.07 bits per heavy atom. The predicted octanol–water partition coefficient (Wildman–Crippen LogP) is 4.43. The van der Waals surface area contributed by atoms with E-state index in [-0.39, 0.29) is 12.0 Å². The lowest BCUT2D eigenvalue weighted by Crippen LogP contribution is -2.52. The summed E-state index contributed by atoms with van der Waals surface area (Å²) in [5.74, 6) is -1.77. The molecule has 0 aliphatic rings. The third kappa shape index (κ3) is 4.40. The second kappa shape index (κ2) is 9.04. The molecule has 2 aromatic carbocycles. The monoisotopic (exact) mass is 411 g/mol. The number of esters is 1. The number of hydrogen-bond acceptors (Lipinski definition) is 5. The number of methoxy groups -OCH3 is 1. The van der Waals surface area contributed by atoms with Crippen LogP contribution >= 0.6 is 0 Å². The van der Waals surface area contributed by atoms with Crippen molar-refractivity contribution in [1.82, 2.24) is 0 Å². The lowest BCUT2D eigenvalue weighted by molar-refractivity contribution is -0.536. The number of hydrogen-bond donors (Lipinski definition) is 0.